The SMILES string of the molecule is O=[N+]([O-])c1c(N2CCCCC2c2ncc[nH]2)nc2ccccn12. The molecule has 8 nitrogen and oxygen atoms in total. The summed E-state index contributed by atoms with van der Waals surface area (Å²) in [6.45, 7) is 0.732. The number of aromatic amines is 1. The van der Waals surface area contributed by atoms with Crippen LogP contribution in [0, 0.1) is 10.1 Å². The molecule has 1 N–H and O–H groups in total. The molecule has 0 radical (unpaired) electrons. The highest BCUT2D eigenvalue weighted by molar-refractivity contribution is 5.64. The topological polar surface area (TPSA) is 92.4 Å². The number of aromatic nitrogens is 4. The molecule has 0 spiro atoms. The Hall–Kier alpha value is -2.90. The first-order valence-corrected chi connectivity index (χ1v) is 7.63. The minimum Gasteiger partial charge on any atom is -0.358 e. The number of nitrogens with zero attached hydrogens (tertiary/aromatic N) is 5. The van der Waals surface area contributed by atoms with Crippen LogP contribution in [-0.2, 0) is 0 Å². The molecule has 1 saturated heterocycles. The van der Waals surface area contributed by atoms with Gasteiger partial charge in [0.05, 0.1) is 12.2 Å². The van der Waals surface area contributed by atoms with Gasteiger partial charge in [0, 0.05) is 25.0 Å². The van der Waals surface area contributed by atoms with E-state index in [2.05, 4.69) is 15.0 Å². The number of hydrogen-bond acceptors (Lipinski definition) is 5. The normalized spacial score (nSPS) is 18.4. The lowest BCUT2D eigenvalue weighted by Crippen LogP contribution is -2.34. The molecule has 8 heteroatoms. The number of piperidine rings is 1. The van der Waals surface area contributed by atoms with Crippen LogP contribution in [0.5, 0.6) is 0 Å². The minimum atomic E-state index is -0.358. The monoisotopic (exact) mass is 312 g/mol. The summed E-state index contributed by atoms with van der Waals surface area (Å²) in [5.41, 5.74) is 0.581. The molecular formula is C15H16N6O2. The van der Waals surface area contributed by atoms with Gasteiger partial charge in [0.25, 0.3) is 0 Å². The molecule has 0 saturated carbocycles. The fourth-order valence-corrected chi connectivity index (χ4v) is 3.26. The fraction of sp³-hybridized carbons (Fsp3) is 0.333. The van der Waals surface area contributed by atoms with Crippen LogP contribution < -0.4 is 4.90 Å². The summed E-state index contributed by atoms with van der Waals surface area (Å²) in [7, 11) is 0. The molecule has 0 amide bonds. The fourth-order valence-electron chi connectivity index (χ4n) is 3.26. The number of H-pyrrole nitrogens is 1. The molecule has 4 heterocycles. The van der Waals surface area contributed by atoms with Crippen molar-refractivity contribution in [3.63, 3.8) is 0 Å². The third kappa shape index (κ3) is 2.23. The quantitative estimate of drug-likeness (QED) is 0.593. The second kappa shape index (κ2) is 5.38. The lowest BCUT2D eigenvalue weighted by molar-refractivity contribution is -0.389. The number of pyridine rings is 1. The van der Waals surface area contributed by atoms with Crippen LogP contribution in [0.25, 0.3) is 5.65 Å². The van der Waals surface area contributed by atoms with Crippen molar-refractivity contribution in [1.82, 2.24) is 19.4 Å². The van der Waals surface area contributed by atoms with Crippen molar-refractivity contribution < 1.29 is 4.92 Å². The van der Waals surface area contributed by atoms with Gasteiger partial charge in [-0.2, -0.15) is 9.38 Å². The zero-order valence-corrected chi connectivity index (χ0v) is 12.4. The van der Waals surface area contributed by atoms with Crippen LogP contribution in [0.3, 0.4) is 0 Å². The Labute approximate surface area is 131 Å². The van der Waals surface area contributed by atoms with Gasteiger partial charge in [0.2, 0.25) is 11.5 Å². The average Bonchev–Trinajstić information content (AvgIpc) is 3.22. The number of anilines is 1. The molecule has 0 aliphatic carbocycles. The van der Waals surface area contributed by atoms with E-state index in [1.54, 1.807) is 30.7 Å². The van der Waals surface area contributed by atoms with Crippen LogP contribution >= 0.6 is 0 Å². The second-order valence-corrected chi connectivity index (χ2v) is 5.62. The average molecular weight is 312 g/mol. The summed E-state index contributed by atoms with van der Waals surface area (Å²) in [6, 6.07) is 5.37. The van der Waals surface area contributed by atoms with Crippen LogP contribution in [-0.4, -0.2) is 30.8 Å². The predicted octanol–water partition coefficient (Wildman–Crippen LogP) is 2.70. The first-order chi connectivity index (χ1) is 11.3. The van der Waals surface area contributed by atoms with E-state index in [-0.39, 0.29) is 16.8 Å². The van der Waals surface area contributed by atoms with Gasteiger partial charge in [0.15, 0.2) is 0 Å². The standard InChI is InChI=1S/C15H16N6O2/c22-21(23)15-14(18-12-6-2-4-10-20(12)15)19-9-3-1-5-11(19)13-16-7-8-17-13/h2,4,6-8,10-11H,1,3,5,9H2,(H,16,17). The highest BCUT2D eigenvalue weighted by Gasteiger charge is 2.34. The number of fused-ring (bicyclic) bond motifs is 1. The van der Waals surface area contributed by atoms with Crippen LogP contribution in [0.2, 0.25) is 0 Å². The molecule has 23 heavy (non-hydrogen) atoms. The summed E-state index contributed by atoms with van der Waals surface area (Å²) in [6.07, 6.45) is 8.13. The molecule has 3 aromatic rings. The summed E-state index contributed by atoms with van der Waals surface area (Å²) < 4.78 is 1.53. The van der Waals surface area contributed by atoms with Gasteiger partial charge < -0.3 is 20.0 Å². The van der Waals surface area contributed by atoms with Gasteiger partial charge in [-0.25, -0.2) is 4.98 Å². The molecule has 0 aromatic carbocycles. The Morgan fingerprint density at radius 2 is 2.26 bits per heavy atom. The van der Waals surface area contributed by atoms with Gasteiger partial charge in [-0.3, -0.25) is 0 Å². The summed E-state index contributed by atoms with van der Waals surface area (Å²) in [5, 5.41) is 11.6. The van der Waals surface area contributed by atoms with Crippen LogP contribution in [0.4, 0.5) is 11.6 Å². The van der Waals surface area contributed by atoms with Crippen LogP contribution in [0.15, 0.2) is 36.8 Å². The second-order valence-electron chi connectivity index (χ2n) is 5.62. The van der Waals surface area contributed by atoms with Gasteiger partial charge in [-0.05, 0) is 30.3 Å². The maximum atomic E-state index is 11.6. The van der Waals surface area contributed by atoms with E-state index in [0.717, 1.165) is 31.6 Å². The molecule has 1 aliphatic rings. The summed E-state index contributed by atoms with van der Waals surface area (Å²) in [4.78, 5) is 25.3. The highest BCUT2D eigenvalue weighted by atomic mass is 16.6. The van der Waals surface area contributed by atoms with Gasteiger partial charge in [-0.1, -0.05) is 6.07 Å². The maximum absolute atomic E-state index is 11.6. The third-order valence-electron chi connectivity index (χ3n) is 4.27. The Bertz CT molecular complexity index is 841. The van der Waals surface area contributed by atoms with Crippen molar-refractivity contribution in [2.24, 2.45) is 0 Å². The van der Waals surface area contributed by atoms with Gasteiger partial charge in [0.1, 0.15) is 5.82 Å². The number of hydrogen-bond donors (Lipinski definition) is 1. The largest absolute Gasteiger partial charge is 0.372 e. The molecule has 1 unspecified atom stereocenters. The van der Waals surface area contributed by atoms with Gasteiger partial charge in [-0.15, -0.1) is 0 Å². The van der Waals surface area contributed by atoms with E-state index < -0.39 is 0 Å². The third-order valence-corrected chi connectivity index (χ3v) is 4.27. The number of imidazole rings is 2. The van der Waals surface area contributed by atoms with E-state index in [1.165, 1.54) is 4.40 Å². The van der Waals surface area contributed by atoms with E-state index in [0.29, 0.717) is 11.5 Å². The molecule has 118 valence electrons. The van der Waals surface area contributed by atoms with Gasteiger partial charge >= 0.3 is 5.82 Å². The molecule has 4 rings (SSSR count). The lowest BCUT2D eigenvalue weighted by atomic mass is 10.0. The Morgan fingerprint density at radius 1 is 1.35 bits per heavy atom. The Kier molecular flexibility index (Phi) is 3.22. The highest BCUT2D eigenvalue weighted by Crippen LogP contribution is 2.38. The molecule has 1 aliphatic heterocycles. The number of nitrogens with one attached hydrogen (secondary N) is 1. The first-order valence-electron chi connectivity index (χ1n) is 7.63. The summed E-state index contributed by atoms with van der Waals surface area (Å²) in [5.74, 6) is 1.26. The summed E-state index contributed by atoms with van der Waals surface area (Å²) >= 11 is 0. The molecule has 1 atom stereocenters. The van der Waals surface area contributed by atoms with E-state index in [1.807, 2.05) is 11.0 Å². The molecule has 1 fully saturated rings. The predicted molar refractivity (Wildman–Crippen MR) is 84.4 cm³/mol. The molecule has 3 aromatic heterocycles. The smallest absolute Gasteiger partial charge is 0.358 e. The van der Waals surface area contributed by atoms with Crippen molar-refractivity contribution in [3.8, 4) is 0 Å². The van der Waals surface area contributed by atoms with Crippen molar-refractivity contribution in [1.29, 1.82) is 0 Å². The molecule has 0 bridgehead atoms. The van der Waals surface area contributed by atoms with Crippen molar-refractivity contribution >= 4 is 17.3 Å². The molecular weight excluding hydrogens is 296 g/mol. The Morgan fingerprint density at radius 3 is 3.04 bits per heavy atom. The zero-order valence-electron chi connectivity index (χ0n) is 12.4. The number of nitro groups is 1. The van der Waals surface area contributed by atoms with E-state index >= 15 is 0 Å². The van der Waals surface area contributed by atoms with Crippen molar-refractivity contribution in [3.05, 3.63) is 52.7 Å². The zero-order chi connectivity index (χ0) is 15.8. The van der Waals surface area contributed by atoms with E-state index in [9.17, 15) is 10.1 Å². The first kappa shape index (κ1) is 13.7. The van der Waals surface area contributed by atoms with Crippen LogP contribution in [0.1, 0.15) is 31.1 Å². The van der Waals surface area contributed by atoms with Crippen molar-refractivity contribution in [2.45, 2.75) is 25.3 Å². The maximum Gasteiger partial charge on any atom is 0.372 e. The minimum absolute atomic E-state index is 0.0117. The number of rotatable bonds is 3. The van der Waals surface area contributed by atoms with E-state index in [4.69, 9.17) is 0 Å². The lowest BCUT2D eigenvalue weighted by Gasteiger charge is -2.34. The van der Waals surface area contributed by atoms with Crippen molar-refractivity contribution in [2.75, 3.05) is 11.4 Å². The Balaban J connectivity index is 1.86.